The first kappa shape index (κ1) is 12.1. The van der Waals surface area contributed by atoms with E-state index in [0.717, 1.165) is 11.1 Å². The second kappa shape index (κ2) is 4.84. The first-order chi connectivity index (χ1) is 8.63. The molecule has 0 aliphatic heterocycles. The van der Waals surface area contributed by atoms with E-state index < -0.39 is 0 Å². The van der Waals surface area contributed by atoms with Gasteiger partial charge in [0.2, 0.25) is 0 Å². The topological polar surface area (TPSA) is 110 Å². The van der Waals surface area contributed by atoms with Gasteiger partial charge in [0.1, 0.15) is 0 Å². The molecule has 7 nitrogen and oxygen atoms in total. The molecule has 0 bridgehead atoms. The van der Waals surface area contributed by atoms with Crippen molar-refractivity contribution in [3.63, 3.8) is 0 Å². The van der Waals surface area contributed by atoms with Crippen LogP contribution in [0.1, 0.15) is 16.8 Å². The summed E-state index contributed by atoms with van der Waals surface area (Å²) in [6.07, 6.45) is 0. The number of hydrogen-bond acceptors (Lipinski definition) is 6. The molecule has 0 aliphatic carbocycles. The van der Waals surface area contributed by atoms with Crippen LogP contribution >= 0.6 is 0 Å². The van der Waals surface area contributed by atoms with Gasteiger partial charge in [-0.2, -0.15) is 0 Å². The van der Waals surface area contributed by atoms with Gasteiger partial charge >= 0.3 is 0 Å². The number of hydrogen-bond donors (Lipinski definition) is 3. The van der Waals surface area contributed by atoms with Crippen molar-refractivity contribution >= 4 is 17.3 Å². The van der Waals surface area contributed by atoms with E-state index in [1.807, 2.05) is 37.5 Å². The van der Waals surface area contributed by atoms with Crippen LogP contribution in [-0.2, 0) is 0 Å². The molecule has 0 spiro atoms. The number of aromatic nitrogens is 2. The van der Waals surface area contributed by atoms with Crippen molar-refractivity contribution in [1.29, 1.82) is 0 Å². The summed E-state index contributed by atoms with van der Waals surface area (Å²) in [6.45, 7) is 3.92. The van der Waals surface area contributed by atoms with Gasteiger partial charge in [0.15, 0.2) is 17.3 Å². The fourth-order valence-corrected chi connectivity index (χ4v) is 1.47. The van der Waals surface area contributed by atoms with Crippen LogP contribution < -0.4 is 11.2 Å². The van der Waals surface area contributed by atoms with E-state index in [1.54, 1.807) is 0 Å². The number of nitrogens with two attached hydrogens (primary N) is 1. The largest absolute Gasteiger partial charge is 0.379 e. The van der Waals surface area contributed by atoms with Crippen LogP contribution in [0.3, 0.4) is 0 Å². The Morgan fingerprint density at radius 3 is 2.78 bits per heavy atom. The molecule has 2 rings (SSSR count). The SMILES string of the molecule is Cc1cccc(N=C(NO)c2nonc2N)c1C. The third-order valence-electron chi connectivity index (χ3n) is 2.65. The van der Waals surface area contributed by atoms with Crippen LogP contribution in [0, 0.1) is 13.8 Å². The fraction of sp³-hybridized carbons (Fsp3) is 0.182. The highest BCUT2D eigenvalue weighted by molar-refractivity contribution is 6.01. The number of hydroxylamine groups is 1. The van der Waals surface area contributed by atoms with Crippen LogP contribution in [0.25, 0.3) is 0 Å². The lowest BCUT2D eigenvalue weighted by molar-refractivity contribution is 0.234. The molecule has 18 heavy (non-hydrogen) atoms. The predicted molar refractivity (Wildman–Crippen MR) is 65.7 cm³/mol. The van der Waals surface area contributed by atoms with E-state index in [4.69, 9.17) is 10.9 Å². The summed E-state index contributed by atoms with van der Waals surface area (Å²) in [5.41, 5.74) is 10.5. The van der Waals surface area contributed by atoms with Gasteiger partial charge in [-0.25, -0.2) is 9.62 Å². The minimum absolute atomic E-state index is 0.0561. The lowest BCUT2D eigenvalue weighted by atomic mass is 10.1. The zero-order chi connectivity index (χ0) is 13.1. The molecule has 0 aliphatic rings. The number of benzene rings is 1. The van der Waals surface area contributed by atoms with Crippen molar-refractivity contribution in [2.45, 2.75) is 13.8 Å². The average Bonchev–Trinajstić information content (AvgIpc) is 2.77. The fourth-order valence-electron chi connectivity index (χ4n) is 1.47. The Kier molecular flexibility index (Phi) is 3.24. The average molecular weight is 247 g/mol. The first-order valence-corrected chi connectivity index (χ1v) is 5.27. The van der Waals surface area contributed by atoms with E-state index in [9.17, 15) is 0 Å². The summed E-state index contributed by atoms with van der Waals surface area (Å²) in [7, 11) is 0. The van der Waals surface area contributed by atoms with Crippen molar-refractivity contribution < 1.29 is 9.84 Å². The molecule has 2 aromatic rings. The Balaban J connectivity index is 2.48. The normalized spacial score (nSPS) is 11.6. The molecule has 1 heterocycles. The van der Waals surface area contributed by atoms with E-state index in [0.29, 0.717) is 5.69 Å². The van der Waals surface area contributed by atoms with Crippen LogP contribution in [0.15, 0.2) is 27.8 Å². The number of rotatable bonds is 2. The number of aliphatic imine (C=N–C) groups is 1. The van der Waals surface area contributed by atoms with E-state index in [2.05, 4.69) is 19.9 Å². The van der Waals surface area contributed by atoms with E-state index in [1.165, 1.54) is 0 Å². The van der Waals surface area contributed by atoms with Gasteiger partial charge in [-0.3, -0.25) is 10.7 Å². The van der Waals surface area contributed by atoms with Crippen molar-refractivity contribution in [3.8, 4) is 0 Å². The van der Waals surface area contributed by atoms with Crippen LogP contribution in [-0.4, -0.2) is 21.4 Å². The van der Waals surface area contributed by atoms with Crippen molar-refractivity contribution in [1.82, 2.24) is 15.8 Å². The van der Waals surface area contributed by atoms with Gasteiger partial charge in [0.05, 0.1) is 5.69 Å². The van der Waals surface area contributed by atoms with Gasteiger partial charge in [-0.1, -0.05) is 12.1 Å². The molecule has 0 saturated carbocycles. The molecule has 0 atom stereocenters. The maximum atomic E-state index is 9.10. The predicted octanol–water partition coefficient (Wildman–Crippen LogP) is 1.33. The molecule has 1 aromatic heterocycles. The smallest absolute Gasteiger partial charge is 0.199 e. The van der Waals surface area contributed by atoms with E-state index >= 15 is 0 Å². The maximum absolute atomic E-state index is 9.10. The molecule has 4 N–H and O–H groups in total. The molecular weight excluding hydrogens is 234 g/mol. The first-order valence-electron chi connectivity index (χ1n) is 5.27. The zero-order valence-corrected chi connectivity index (χ0v) is 10.0. The van der Waals surface area contributed by atoms with Crippen LogP contribution in [0.5, 0.6) is 0 Å². The summed E-state index contributed by atoms with van der Waals surface area (Å²) < 4.78 is 4.46. The molecule has 0 saturated heterocycles. The number of nitrogens with one attached hydrogen (secondary N) is 1. The second-order valence-corrected chi connectivity index (χ2v) is 3.79. The molecule has 7 heteroatoms. The number of nitrogens with zero attached hydrogens (tertiary/aromatic N) is 3. The molecule has 0 radical (unpaired) electrons. The van der Waals surface area contributed by atoms with Crippen molar-refractivity contribution in [2.75, 3.05) is 5.73 Å². The molecular formula is C11H13N5O2. The van der Waals surface area contributed by atoms with Gasteiger partial charge < -0.3 is 5.73 Å². The molecule has 0 fully saturated rings. The number of aryl methyl sites for hydroxylation is 1. The standard InChI is InChI=1S/C11H13N5O2/c1-6-4-3-5-8(7(6)2)13-11(14-17)9-10(12)16-18-15-9/h3-5,17H,1-2H3,(H2,12,16)(H,13,14). The highest BCUT2D eigenvalue weighted by Crippen LogP contribution is 2.22. The Bertz CT molecular complexity index is 591. The Morgan fingerprint density at radius 2 is 2.17 bits per heavy atom. The summed E-state index contributed by atoms with van der Waals surface area (Å²) in [4.78, 5) is 4.25. The second-order valence-electron chi connectivity index (χ2n) is 3.79. The van der Waals surface area contributed by atoms with E-state index in [-0.39, 0.29) is 17.3 Å². The minimum atomic E-state index is 0.0561. The zero-order valence-electron chi connectivity index (χ0n) is 10.0. The summed E-state index contributed by atoms with van der Waals surface area (Å²) in [5, 5.41) is 16.1. The third-order valence-corrected chi connectivity index (χ3v) is 2.65. The van der Waals surface area contributed by atoms with Gasteiger partial charge in [0.25, 0.3) is 0 Å². The highest BCUT2D eigenvalue weighted by Gasteiger charge is 2.14. The number of nitrogen functional groups attached to an aromatic ring is 1. The quantitative estimate of drug-likeness (QED) is 0.419. The van der Waals surface area contributed by atoms with Gasteiger partial charge in [-0.15, -0.1) is 0 Å². The molecule has 94 valence electrons. The summed E-state index contributed by atoms with van der Waals surface area (Å²) in [6, 6.07) is 5.68. The van der Waals surface area contributed by atoms with Gasteiger partial charge in [0, 0.05) is 0 Å². The van der Waals surface area contributed by atoms with Gasteiger partial charge in [-0.05, 0) is 41.4 Å². The van der Waals surface area contributed by atoms with Crippen LogP contribution in [0.2, 0.25) is 0 Å². The summed E-state index contributed by atoms with van der Waals surface area (Å²) in [5.74, 6) is 0.142. The van der Waals surface area contributed by atoms with Crippen molar-refractivity contribution in [3.05, 3.63) is 35.0 Å². The number of amidine groups is 1. The lowest BCUT2D eigenvalue weighted by Crippen LogP contribution is -2.21. The Morgan fingerprint density at radius 1 is 1.39 bits per heavy atom. The summed E-state index contributed by atoms with van der Waals surface area (Å²) >= 11 is 0. The molecule has 1 aromatic carbocycles. The van der Waals surface area contributed by atoms with Crippen molar-refractivity contribution in [2.24, 2.45) is 4.99 Å². The Labute approximate surface area is 103 Å². The Hall–Kier alpha value is -2.41. The maximum Gasteiger partial charge on any atom is 0.199 e. The lowest BCUT2D eigenvalue weighted by Gasteiger charge is -2.06. The minimum Gasteiger partial charge on any atom is -0.379 e. The monoisotopic (exact) mass is 247 g/mol. The highest BCUT2D eigenvalue weighted by atomic mass is 16.6. The number of anilines is 1. The molecule has 0 amide bonds. The van der Waals surface area contributed by atoms with Crippen LogP contribution in [0.4, 0.5) is 11.5 Å². The third kappa shape index (κ3) is 2.16. The molecule has 0 unspecified atom stereocenters.